The van der Waals surface area contributed by atoms with Crippen LogP contribution in [0.3, 0.4) is 0 Å². The lowest BCUT2D eigenvalue weighted by Crippen LogP contribution is -2.43. The van der Waals surface area contributed by atoms with Gasteiger partial charge in [-0.3, -0.25) is 0 Å². The third-order valence-electron chi connectivity index (χ3n) is 4.97. The van der Waals surface area contributed by atoms with E-state index < -0.39 is 0 Å². The zero-order chi connectivity index (χ0) is 16.1. The number of benzene rings is 1. The van der Waals surface area contributed by atoms with E-state index in [0.717, 1.165) is 12.8 Å². The summed E-state index contributed by atoms with van der Waals surface area (Å²) in [6.45, 7) is 0. The lowest BCUT2D eigenvalue weighted by molar-refractivity contribution is -0.000258. The molecule has 0 saturated carbocycles. The first kappa shape index (κ1) is 10.9. The molecule has 0 amide bonds. The second kappa shape index (κ2) is 4.88. The summed E-state index contributed by atoms with van der Waals surface area (Å²) < 4.78 is 21.6. The maximum Gasteiger partial charge on any atom is 0.340 e. The van der Waals surface area contributed by atoms with Crippen molar-refractivity contribution in [2.24, 2.45) is 0 Å². The largest absolute Gasteiger partial charge is 0.459 e. The summed E-state index contributed by atoms with van der Waals surface area (Å²) in [4.78, 5) is 17.9. The van der Waals surface area contributed by atoms with Crippen LogP contribution in [0.25, 0.3) is 10.9 Å². The highest BCUT2D eigenvalue weighted by atomic mass is 16.5. The molecule has 2 bridgehead atoms. The molecule has 0 aliphatic carbocycles. The topological polar surface area (TPSA) is 45.3 Å². The standard InChI is InChI=1S/C17H20N2O2/c1-19-11-6-7-12(19)9-13(8-11)21-17(20)15-10-18-16-5-3-2-4-14(15)16/h2-5,10-13,18H,6-9H2,1H3/i4D,5D. The van der Waals surface area contributed by atoms with Crippen LogP contribution in [0.2, 0.25) is 0 Å². The van der Waals surface area contributed by atoms with Crippen LogP contribution in [0.15, 0.2) is 30.4 Å². The number of para-hydroxylation sites is 1. The van der Waals surface area contributed by atoms with Gasteiger partial charge in [0, 0.05) is 42.0 Å². The summed E-state index contributed by atoms with van der Waals surface area (Å²) >= 11 is 0. The third kappa shape index (κ3) is 2.14. The number of hydrogen-bond acceptors (Lipinski definition) is 3. The van der Waals surface area contributed by atoms with E-state index in [2.05, 4.69) is 16.9 Å². The van der Waals surface area contributed by atoms with E-state index in [4.69, 9.17) is 7.48 Å². The first-order chi connectivity index (χ1) is 11.0. The van der Waals surface area contributed by atoms with E-state index in [-0.39, 0.29) is 24.2 Å². The number of carbonyl (C=O) groups excluding carboxylic acids is 1. The van der Waals surface area contributed by atoms with Crippen molar-refractivity contribution in [3.8, 4) is 0 Å². The van der Waals surface area contributed by atoms with Crippen molar-refractivity contribution < 1.29 is 12.3 Å². The van der Waals surface area contributed by atoms with Gasteiger partial charge in [-0.25, -0.2) is 4.79 Å². The second-order valence-corrected chi connectivity index (χ2v) is 6.12. The number of piperidine rings is 1. The Kier molecular flexibility index (Phi) is 2.52. The van der Waals surface area contributed by atoms with Crippen molar-refractivity contribution in [1.82, 2.24) is 9.88 Å². The van der Waals surface area contributed by atoms with Crippen LogP contribution in [-0.4, -0.2) is 41.1 Å². The maximum absolute atomic E-state index is 12.6. The average molecular weight is 286 g/mol. The quantitative estimate of drug-likeness (QED) is 0.863. The lowest BCUT2D eigenvalue weighted by atomic mass is 10.0. The van der Waals surface area contributed by atoms with Crippen LogP contribution in [0, 0.1) is 0 Å². The van der Waals surface area contributed by atoms with Gasteiger partial charge in [-0.15, -0.1) is 0 Å². The molecule has 2 fully saturated rings. The summed E-state index contributed by atoms with van der Waals surface area (Å²) in [6.07, 6.45) is 5.65. The molecular weight excluding hydrogens is 264 g/mol. The molecule has 4 heteroatoms. The molecule has 1 aromatic carbocycles. The Hall–Kier alpha value is -1.81. The van der Waals surface area contributed by atoms with Crippen molar-refractivity contribution in [3.05, 3.63) is 36.0 Å². The Morgan fingerprint density at radius 3 is 2.81 bits per heavy atom. The van der Waals surface area contributed by atoms with Crippen molar-refractivity contribution in [2.75, 3.05) is 7.05 Å². The van der Waals surface area contributed by atoms with Gasteiger partial charge >= 0.3 is 5.97 Å². The number of fused-ring (bicyclic) bond motifs is 3. The van der Waals surface area contributed by atoms with Gasteiger partial charge in [0.15, 0.2) is 0 Å². The number of nitrogens with zero attached hydrogens (tertiary/aromatic N) is 1. The Morgan fingerprint density at radius 2 is 2.05 bits per heavy atom. The molecule has 2 aliphatic heterocycles. The van der Waals surface area contributed by atoms with Gasteiger partial charge < -0.3 is 14.6 Å². The van der Waals surface area contributed by atoms with Gasteiger partial charge in [-0.1, -0.05) is 18.2 Å². The molecule has 4 nitrogen and oxygen atoms in total. The molecule has 4 rings (SSSR count). The SMILES string of the molecule is [2H]c1ccc([2H])c2c(C(=O)OC3CC4CCC(C3)N4C)c[nH]c12. The first-order valence-corrected chi connectivity index (χ1v) is 7.55. The number of esters is 1. The molecule has 1 N–H and O–H groups in total. The first-order valence-electron chi connectivity index (χ1n) is 8.55. The highest BCUT2D eigenvalue weighted by Crippen LogP contribution is 2.35. The maximum atomic E-state index is 12.6. The van der Waals surface area contributed by atoms with Crippen LogP contribution in [0.4, 0.5) is 0 Å². The average Bonchev–Trinajstić information content (AvgIpc) is 3.04. The summed E-state index contributed by atoms with van der Waals surface area (Å²) in [7, 11) is 2.15. The Labute approximate surface area is 126 Å². The predicted octanol–water partition coefficient (Wildman–Crippen LogP) is 2.95. The molecule has 0 spiro atoms. The van der Waals surface area contributed by atoms with Gasteiger partial charge in [-0.05, 0) is 25.9 Å². The molecule has 110 valence electrons. The normalized spacial score (nSPS) is 30.2. The number of aromatic nitrogens is 1. The number of aromatic amines is 1. The van der Waals surface area contributed by atoms with E-state index in [9.17, 15) is 4.79 Å². The summed E-state index contributed by atoms with van der Waals surface area (Å²) in [5, 5.41) is 0.485. The third-order valence-corrected chi connectivity index (χ3v) is 4.97. The Morgan fingerprint density at radius 1 is 1.33 bits per heavy atom. The highest BCUT2D eigenvalue weighted by molar-refractivity contribution is 6.04. The van der Waals surface area contributed by atoms with Crippen LogP contribution in [0.1, 0.15) is 38.8 Å². The number of rotatable bonds is 2. The minimum Gasteiger partial charge on any atom is -0.459 e. The summed E-state index contributed by atoms with van der Waals surface area (Å²) in [5.74, 6) is -0.385. The van der Waals surface area contributed by atoms with Crippen molar-refractivity contribution in [3.63, 3.8) is 0 Å². The fourth-order valence-electron chi connectivity index (χ4n) is 3.77. The number of H-pyrrole nitrogens is 1. The van der Waals surface area contributed by atoms with Crippen molar-refractivity contribution in [2.45, 2.75) is 43.9 Å². The summed E-state index contributed by atoms with van der Waals surface area (Å²) in [6, 6.07) is 4.66. The van der Waals surface area contributed by atoms with Crippen molar-refractivity contribution >= 4 is 16.9 Å². The van der Waals surface area contributed by atoms with E-state index in [1.54, 1.807) is 18.3 Å². The molecule has 2 saturated heterocycles. The van der Waals surface area contributed by atoms with Gasteiger partial charge in [0.05, 0.1) is 8.30 Å². The smallest absolute Gasteiger partial charge is 0.340 e. The Bertz CT molecular complexity index is 759. The second-order valence-electron chi connectivity index (χ2n) is 6.12. The fourth-order valence-corrected chi connectivity index (χ4v) is 3.77. The zero-order valence-electron chi connectivity index (χ0n) is 14.1. The van der Waals surface area contributed by atoms with Crippen molar-refractivity contribution in [1.29, 1.82) is 0 Å². The van der Waals surface area contributed by atoms with Crippen LogP contribution in [0.5, 0.6) is 0 Å². The fraction of sp³-hybridized carbons (Fsp3) is 0.471. The molecule has 2 aromatic rings. The van der Waals surface area contributed by atoms with Gasteiger partial charge in [0.2, 0.25) is 0 Å². The lowest BCUT2D eigenvalue weighted by Gasteiger charge is -2.35. The van der Waals surface area contributed by atoms with E-state index in [1.807, 2.05) is 0 Å². The summed E-state index contributed by atoms with van der Waals surface area (Å²) in [5.41, 5.74) is 0.887. The van der Waals surface area contributed by atoms with E-state index in [0.29, 0.717) is 28.6 Å². The molecular formula is C17H20N2O2. The van der Waals surface area contributed by atoms with Crippen LogP contribution >= 0.6 is 0 Å². The minimum absolute atomic E-state index is 0.0467. The van der Waals surface area contributed by atoms with Gasteiger partial charge in [0.1, 0.15) is 6.10 Å². The van der Waals surface area contributed by atoms with Gasteiger partial charge in [-0.2, -0.15) is 0 Å². The molecule has 1 aromatic heterocycles. The highest BCUT2D eigenvalue weighted by Gasteiger charge is 2.40. The number of nitrogens with one attached hydrogen (secondary N) is 1. The predicted molar refractivity (Wildman–Crippen MR) is 81.3 cm³/mol. The molecule has 0 radical (unpaired) electrons. The van der Waals surface area contributed by atoms with E-state index >= 15 is 0 Å². The van der Waals surface area contributed by atoms with E-state index in [1.165, 1.54) is 12.8 Å². The monoisotopic (exact) mass is 286 g/mol. The van der Waals surface area contributed by atoms with Crippen LogP contribution in [-0.2, 0) is 4.74 Å². The number of hydrogen-bond donors (Lipinski definition) is 1. The number of ether oxygens (including phenoxy) is 1. The van der Waals surface area contributed by atoms with Gasteiger partial charge in [0.25, 0.3) is 0 Å². The number of carbonyl (C=O) groups is 1. The molecule has 2 aliphatic rings. The molecule has 3 heterocycles. The molecule has 21 heavy (non-hydrogen) atoms. The molecule has 2 unspecified atom stereocenters. The zero-order valence-corrected chi connectivity index (χ0v) is 12.1. The molecule has 2 atom stereocenters. The van der Waals surface area contributed by atoms with Crippen LogP contribution < -0.4 is 0 Å². The minimum atomic E-state index is -0.385. The Balaban J connectivity index is 1.57.